The van der Waals surface area contributed by atoms with E-state index in [-0.39, 0.29) is 24.1 Å². The topological polar surface area (TPSA) is 78.6 Å². The molecule has 0 spiro atoms. The Bertz CT molecular complexity index is 481. The molecule has 1 aliphatic carbocycles. The summed E-state index contributed by atoms with van der Waals surface area (Å²) in [6, 6.07) is -0.290. The number of hydrogen-bond acceptors (Lipinski definition) is 4. The molecule has 1 heterocycles. The maximum absolute atomic E-state index is 12.2. The second kappa shape index (κ2) is 6.47. The monoisotopic (exact) mass is 295 g/mol. The fourth-order valence-electron chi connectivity index (χ4n) is 3.14. The zero-order valence-electron chi connectivity index (χ0n) is 13.2. The van der Waals surface area contributed by atoms with Gasteiger partial charge in [0.1, 0.15) is 5.76 Å². The summed E-state index contributed by atoms with van der Waals surface area (Å²) < 4.78 is 5.13. The third kappa shape index (κ3) is 3.56. The highest BCUT2D eigenvalue weighted by molar-refractivity contribution is 5.74. The van der Waals surface area contributed by atoms with Gasteiger partial charge in [-0.05, 0) is 33.6 Å². The third-order valence-corrected chi connectivity index (χ3v) is 4.34. The van der Waals surface area contributed by atoms with Crippen molar-refractivity contribution in [3.8, 4) is 0 Å². The van der Waals surface area contributed by atoms with Gasteiger partial charge in [0.2, 0.25) is 0 Å². The minimum absolute atomic E-state index is 0.137. The van der Waals surface area contributed by atoms with E-state index < -0.39 is 0 Å². The molecule has 6 heteroatoms. The number of amides is 2. The molecule has 3 atom stereocenters. The Labute approximate surface area is 125 Å². The maximum atomic E-state index is 12.2. The summed E-state index contributed by atoms with van der Waals surface area (Å²) in [6.45, 7) is 6.22. The molecule has 1 aromatic rings. The first-order valence-corrected chi connectivity index (χ1v) is 7.52. The molecule has 1 aromatic heterocycles. The Morgan fingerprint density at radius 2 is 2.24 bits per heavy atom. The van der Waals surface area contributed by atoms with Gasteiger partial charge in [-0.2, -0.15) is 0 Å². The molecule has 118 valence electrons. The molecule has 2 rings (SSSR count). The van der Waals surface area contributed by atoms with Gasteiger partial charge in [0.05, 0.1) is 17.8 Å². The van der Waals surface area contributed by atoms with Gasteiger partial charge in [-0.25, -0.2) is 4.79 Å². The SMILES string of the molecule is Cc1noc(C)c1C(C)NC(=O)N(C)CC1CCCC1O. The zero-order chi connectivity index (χ0) is 15.6. The van der Waals surface area contributed by atoms with E-state index in [1.54, 1.807) is 11.9 Å². The number of aliphatic hydroxyl groups excluding tert-OH is 1. The van der Waals surface area contributed by atoms with Crippen LogP contribution in [0.15, 0.2) is 4.52 Å². The van der Waals surface area contributed by atoms with Crippen LogP contribution < -0.4 is 5.32 Å². The van der Waals surface area contributed by atoms with Gasteiger partial charge < -0.3 is 19.8 Å². The Balaban J connectivity index is 1.91. The van der Waals surface area contributed by atoms with E-state index in [0.717, 1.165) is 36.3 Å². The smallest absolute Gasteiger partial charge is 0.317 e. The Morgan fingerprint density at radius 3 is 2.76 bits per heavy atom. The normalized spacial score (nSPS) is 23.1. The zero-order valence-corrected chi connectivity index (χ0v) is 13.2. The largest absolute Gasteiger partial charge is 0.393 e. The van der Waals surface area contributed by atoms with E-state index in [1.807, 2.05) is 20.8 Å². The van der Waals surface area contributed by atoms with Crippen LogP contribution in [0.2, 0.25) is 0 Å². The second-order valence-corrected chi connectivity index (χ2v) is 6.05. The van der Waals surface area contributed by atoms with Crippen LogP contribution in [-0.2, 0) is 0 Å². The quantitative estimate of drug-likeness (QED) is 0.892. The molecule has 21 heavy (non-hydrogen) atoms. The second-order valence-electron chi connectivity index (χ2n) is 6.05. The maximum Gasteiger partial charge on any atom is 0.317 e. The number of nitrogens with zero attached hydrogens (tertiary/aromatic N) is 2. The van der Waals surface area contributed by atoms with Gasteiger partial charge in [0.15, 0.2) is 0 Å². The van der Waals surface area contributed by atoms with Gasteiger partial charge >= 0.3 is 6.03 Å². The summed E-state index contributed by atoms with van der Waals surface area (Å²) in [4.78, 5) is 13.9. The fraction of sp³-hybridized carbons (Fsp3) is 0.733. The number of carbonyl (C=O) groups excluding carboxylic acids is 1. The summed E-state index contributed by atoms with van der Waals surface area (Å²) in [6.07, 6.45) is 2.59. The molecule has 2 N–H and O–H groups in total. The van der Waals surface area contributed by atoms with E-state index in [1.165, 1.54) is 0 Å². The van der Waals surface area contributed by atoms with E-state index in [2.05, 4.69) is 10.5 Å². The highest BCUT2D eigenvalue weighted by atomic mass is 16.5. The van der Waals surface area contributed by atoms with E-state index in [4.69, 9.17) is 4.52 Å². The Morgan fingerprint density at radius 1 is 1.52 bits per heavy atom. The Hall–Kier alpha value is -1.56. The molecule has 0 saturated heterocycles. The molecular weight excluding hydrogens is 270 g/mol. The lowest BCUT2D eigenvalue weighted by Gasteiger charge is -2.25. The molecule has 3 unspecified atom stereocenters. The first-order chi connectivity index (χ1) is 9.90. The van der Waals surface area contributed by atoms with Gasteiger partial charge in [-0.3, -0.25) is 0 Å². The van der Waals surface area contributed by atoms with Crippen molar-refractivity contribution in [2.45, 2.75) is 52.2 Å². The first kappa shape index (κ1) is 15.8. The lowest BCUT2D eigenvalue weighted by Crippen LogP contribution is -2.42. The minimum Gasteiger partial charge on any atom is -0.393 e. The highest BCUT2D eigenvalue weighted by Gasteiger charge is 2.28. The fourth-order valence-corrected chi connectivity index (χ4v) is 3.14. The average Bonchev–Trinajstić information content (AvgIpc) is 2.96. The van der Waals surface area contributed by atoms with Crippen molar-refractivity contribution in [1.29, 1.82) is 0 Å². The molecule has 0 aliphatic heterocycles. The molecule has 0 aromatic carbocycles. The van der Waals surface area contributed by atoms with Crippen molar-refractivity contribution in [2.75, 3.05) is 13.6 Å². The van der Waals surface area contributed by atoms with Crippen LogP contribution in [0.5, 0.6) is 0 Å². The van der Waals surface area contributed by atoms with E-state index in [0.29, 0.717) is 6.54 Å². The van der Waals surface area contributed by atoms with Crippen molar-refractivity contribution >= 4 is 6.03 Å². The van der Waals surface area contributed by atoms with Gasteiger partial charge in [-0.15, -0.1) is 0 Å². The minimum atomic E-state index is -0.278. The molecule has 1 saturated carbocycles. The third-order valence-electron chi connectivity index (χ3n) is 4.34. The molecule has 6 nitrogen and oxygen atoms in total. The molecule has 1 aliphatic rings. The molecular formula is C15H25N3O3. The Kier molecular flexibility index (Phi) is 4.88. The molecule has 0 radical (unpaired) electrons. The standard InChI is InChI=1S/C15H25N3O3/c1-9(14-10(2)17-21-11(14)3)16-15(20)18(4)8-12-6-5-7-13(12)19/h9,12-13,19H,5-8H2,1-4H3,(H,16,20). The van der Waals surface area contributed by atoms with E-state index >= 15 is 0 Å². The lowest BCUT2D eigenvalue weighted by molar-refractivity contribution is 0.113. The van der Waals surface area contributed by atoms with Crippen LogP contribution in [0.25, 0.3) is 0 Å². The predicted octanol–water partition coefficient (Wildman–Crippen LogP) is 2.15. The average molecular weight is 295 g/mol. The molecule has 1 fully saturated rings. The molecule has 0 bridgehead atoms. The van der Waals surface area contributed by atoms with Crippen LogP contribution in [0.3, 0.4) is 0 Å². The number of nitrogens with one attached hydrogen (secondary N) is 1. The first-order valence-electron chi connectivity index (χ1n) is 7.52. The van der Waals surface area contributed by atoms with Crippen molar-refractivity contribution in [3.63, 3.8) is 0 Å². The van der Waals surface area contributed by atoms with Crippen LogP contribution >= 0.6 is 0 Å². The summed E-state index contributed by atoms with van der Waals surface area (Å²) in [5.74, 6) is 0.921. The summed E-state index contributed by atoms with van der Waals surface area (Å²) >= 11 is 0. The van der Waals surface area contributed by atoms with Crippen LogP contribution in [0.1, 0.15) is 49.2 Å². The van der Waals surface area contributed by atoms with Crippen molar-refractivity contribution in [3.05, 3.63) is 17.0 Å². The summed E-state index contributed by atoms with van der Waals surface area (Å²) in [5, 5.41) is 16.7. The van der Waals surface area contributed by atoms with E-state index in [9.17, 15) is 9.90 Å². The van der Waals surface area contributed by atoms with Crippen LogP contribution in [0, 0.1) is 19.8 Å². The van der Waals surface area contributed by atoms with Crippen molar-refractivity contribution in [2.24, 2.45) is 5.92 Å². The number of carbonyl (C=O) groups is 1. The van der Waals surface area contributed by atoms with Gasteiger partial charge in [-0.1, -0.05) is 11.6 Å². The molecule has 2 amide bonds. The lowest BCUT2D eigenvalue weighted by atomic mass is 10.1. The summed E-state index contributed by atoms with van der Waals surface area (Å²) in [5.41, 5.74) is 1.73. The number of rotatable bonds is 4. The van der Waals surface area contributed by atoms with Crippen LogP contribution in [-0.4, -0.2) is 40.9 Å². The number of aryl methyl sites for hydroxylation is 2. The number of aromatic nitrogens is 1. The van der Waals surface area contributed by atoms with Crippen molar-refractivity contribution < 1.29 is 14.4 Å². The number of urea groups is 1. The number of hydrogen-bond donors (Lipinski definition) is 2. The highest BCUT2D eigenvalue weighted by Crippen LogP contribution is 2.26. The predicted molar refractivity (Wildman–Crippen MR) is 78.9 cm³/mol. The van der Waals surface area contributed by atoms with Crippen LogP contribution in [0.4, 0.5) is 4.79 Å². The van der Waals surface area contributed by atoms with Gasteiger partial charge in [0, 0.05) is 25.1 Å². The van der Waals surface area contributed by atoms with Crippen molar-refractivity contribution in [1.82, 2.24) is 15.4 Å². The number of aliphatic hydroxyl groups is 1. The summed E-state index contributed by atoms with van der Waals surface area (Å²) in [7, 11) is 1.76. The van der Waals surface area contributed by atoms with Gasteiger partial charge in [0.25, 0.3) is 0 Å².